The van der Waals surface area contributed by atoms with Crippen LogP contribution in [0.25, 0.3) is 11.3 Å². The zero-order chi connectivity index (χ0) is 14.5. The lowest BCUT2D eigenvalue weighted by molar-refractivity contribution is 0.0947. The lowest BCUT2D eigenvalue weighted by atomic mass is 10.1. The van der Waals surface area contributed by atoms with Crippen molar-refractivity contribution in [2.45, 2.75) is 13.8 Å². The SMILES string of the molecule is CCOc1ccc(-c2cnc(C)c(C(=O)NN)n2)cc1. The Hall–Kier alpha value is -2.47. The van der Waals surface area contributed by atoms with Crippen LogP contribution in [-0.2, 0) is 0 Å². The fraction of sp³-hybridized carbons (Fsp3) is 0.214. The van der Waals surface area contributed by atoms with Gasteiger partial charge in [0.05, 0.1) is 24.2 Å². The van der Waals surface area contributed by atoms with E-state index in [1.54, 1.807) is 13.1 Å². The van der Waals surface area contributed by atoms with E-state index in [4.69, 9.17) is 10.6 Å². The number of nitrogens with one attached hydrogen (secondary N) is 1. The highest BCUT2D eigenvalue weighted by molar-refractivity contribution is 5.93. The van der Waals surface area contributed by atoms with Crippen molar-refractivity contribution in [3.05, 3.63) is 41.9 Å². The number of hydrogen-bond acceptors (Lipinski definition) is 5. The third-order valence-electron chi connectivity index (χ3n) is 2.76. The second-order valence-electron chi connectivity index (χ2n) is 4.12. The maximum Gasteiger partial charge on any atom is 0.285 e. The van der Waals surface area contributed by atoms with E-state index in [2.05, 4.69) is 15.4 Å². The molecule has 1 amide bonds. The first kappa shape index (κ1) is 14.0. The second-order valence-corrected chi connectivity index (χ2v) is 4.12. The molecular weight excluding hydrogens is 256 g/mol. The van der Waals surface area contributed by atoms with E-state index in [1.165, 1.54) is 0 Å². The summed E-state index contributed by atoms with van der Waals surface area (Å²) in [7, 11) is 0. The lowest BCUT2D eigenvalue weighted by Crippen LogP contribution is -2.31. The van der Waals surface area contributed by atoms with Crippen LogP contribution in [0, 0.1) is 6.92 Å². The minimum atomic E-state index is -0.456. The van der Waals surface area contributed by atoms with Gasteiger partial charge in [-0.15, -0.1) is 0 Å². The number of hydrazine groups is 1. The van der Waals surface area contributed by atoms with Gasteiger partial charge in [0.25, 0.3) is 5.91 Å². The molecule has 0 bridgehead atoms. The summed E-state index contributed by atoms with van der Waals surface area (Å²) < 4.78 is 5.38. The Morgan fingerprint density at radius 2 is 2.05 bits per heavy atom. The van der Waals surface area contributed by atoms with Crippen LogP contribution in [-0.4, -0.2) is 22.5 Å². The normalized spacial score (nSPS) is 10.2. The first-order chi connectivity index (χ1) is 9.65. The van der Waals surface area contributed by atoms with Gasteiger partial charge < -0.3 is 4.74 Å². The molecule has 0 radical (unpaired) electrons. The highest BCUT2D eigenvalue weighted by Gasteiger charge is 2.12. The molecule has 1 heterocycles. The highest BCUT2D eigenvalue weighted by atomic mass is 16.5. The van der Waals surface area contributed by atoms with Crippen molar-refractivity contribution < 1.29 is 9.53 Å². The van der Waals surface area contributed by atoms with E-state index in [1.807, 2.05) is 31.2 Å². The number of ether oxygens (including phenoxy) is 1. The van der Waals surface area contributed by atoms with Crippen LogP contribution < -0.4 is 16.0 Å². The van der Waals surface area contributed by atoms with Crippen molar-refractivity contribution in [3.8, 4) is 17.0 Å². The van der Waals surface area contributed by atoms with Crippen LogP contribution in [0.15, 0.2) is 30.5 Å². The molecule has 0 aliphatic carbocycles. The summed E-state index contributed by atoms with van der Waals surface area (Å²) in [5.74, 6) is 5.46. The number of benzene rings is 1. The Morgan fingerprint density at radius 1 is 1.35 bits per heavy atom. The zero-order valence-corrected chi connectivity index (χ0v) is 11.4. The number of carbonyl (C=O) groups is 1. The molecule has 0 unspecified atom stereocenters. The van der Waals surface area contributed by atoms with Gasteiger partial charge in [-0.25, -0.2) is 10.8 Å². The van der Waals surface area contributed by atoms with Crippen molar-refractivity contribution in [2.24, 2.45) is 5.84 Å². The first-order valence-corrected chi connectivity index (χ1v) is 6.23. The number of rotatable bonds is 4. The fourth-order valence-corrected chi connectivity index (χ4v) is 1.76. The minimum absolute atomic E-state index is 0.221. The third kappa shape index (κ3) is 2.92. The molecule has 6 nitrogen and oxygen atoms in total. The van der Waals surface area contributed by atoms with Crippen molar-refractivity contribution in [1.29, 1.82) is 0 Å². The summed E-state index contributed by atoms with van der Waals surface area (Å²) in [4.78, 5) is 20.1. The van der Waals surface area contributed by atoms with Gasteiger partial charge in [-0.3, -0.25) is 15.2 Å². The Kier molecular flexibility index (Phi) is 4.27. The minimum Gasteiger partial charge on any atom is -0.494 e. The molecule has 20 heavy (non-hydrogen) atoms. The number of nitrogens with zero attached hydrogens (tertiary/aromatic N) is 2. The molecule has 104 valence electrons. The summed E-state index contributed by atoms with van der Waals surface area (Å²) in [6.07, 6.45) is 1.62. The summed E-state index contributed by atoms with van der Waals surface area (Å²) in [6, 6.07) is 7.44. The number of aryl methyl sites for hydroxylation is 1. The van der Waals surface area contributed by atoms with Gasteiger partial charge in [-0.2, -0.15) is 0 Å². The summed E-state index contributed by atoms with van der Waals surface area (Å²) in [5, 5.41) is 0. The van der Waals surface area contributed by atoms with Gasteiger partial charge in [0.15, 0.2) is 5.69 Å². The summed E-state index contributed by atoms with van der Waals surface area (Å²) in [6.45, 7) is 4.25. The molecule has 0 spiro atoms. The van der Waals surface area contributed by atoms with E-state index in [0.29, 0.717) is 18.0 Å². The summed E-state index contributed by atoms with van der Waals surface area (Å²) in [5.41, 5.74) is 4.28. The Bertz CT molecular complexity index is 611. The molecule has 1 aromatic carbocycles. The fourth-order valence-electron chi connectivity index (χ4n) is 1.76. The zero-order valence-electron chi connectivity index (χ0n) is 11.4. The van der Waals surface area contributed by atoms with E-state index in [0.717, 1.165) is 11.3 Å². The second kappa shape index (κ2) is 6.12. The van der Waals surface area contributed by atoms with Crippen LogP contribution >= 0.6 is 0 Å². The predicted molar refractivity (Wildman–Crippen MR) is 75.0 cm³/mol. The number of nitrogens with two attached hydrogens (primary N) is 1. The van der Waals surface area contributed by atoms with Gasteiger partial charge in [0.1, 0.15) is 5.75 Å². The van der Waals surface area contributed by atoms with Crippen LogP contribution in [0.4, 0.5) is 0 Å². The molecule has 3 N–H and O–H groups in total. The summed E-state index contributed by atoms with van der Waals surface area (Å²) >= 11 is 0. The van der Waals surface area contributed by atoms with Gasteiger partial charge >= 0.3 is 0 Å². The monoisotopic (exact) mass is 272 g/mol. The molecule has 0 aliphatic heterocycles. The molecule has 2 rings (SSSR count). The topological polar surface area (TPSA) is 90.1 Å². The molecule has 0 saturated heterocycles. The molecule has 1 aromatic heterocycles. The molecular formula is C14H16N4O2. The number of amides is 1. The Balaban J connectivity index is 2.35. The van der Waals surface area contributed by atoms with E-state index >= 15 is 0 Å². The highest BCUT2D eigenvalue weighted by Crippen LogP contribution is 2.21. The predicted octanol–water partition coefficient (Wildman–Crippen LogP) is 1.45. The third-order valence-corrected chi connectivity index (χ3v) is 2.76. The molecule has 0 saturated carbocycles. The van der Waals surface area contributed by atoms with Crippen LogP contribution in [0.5, 0.6) is 5.75 Å². The average Bonchev–Trinajstić information content (AvgIpc) is 2.48. The van der Waals surface area contributed by atoms with Gasteiger partial charge in [-0.05, 0) is 38.1 Å². The largest absolute Gasteiger partial charge is 0.494 e. The molecule has 0 atom stereocenters. The van der Waals surface area contributed by atoms with Crippen molar-refractivity contribution >= 4 is 5.91 Å². The number of carbonyl (C=O) groups excluding carboxylic acids is 1. The van der Waals surface area contributed by atoms with E-state index in [9.17, 15) is 4.79 Å². The number of aromatic nitrogens is 2. The van der Waals surface area contributed by atoms with Crippen LogP contribution in [0.2, 0.25) is 0 Å². The first-order valence-electron chi connectivity index (χ1n) is 6.23. The molecule has 0 fully saturated rings. The van der Waals surface area contributed by atoms with E-state index < -0.39 is 5.91 Å². The van der Waals surface area contributed by atoms with Crippen molar-refractivity contribution in [1.82, 2.24) is 15.4 Å². The number of nitrogen functional groups attached to an aromatic ring is 1. The number of hydrogen-bond donors (Lipinski definition) is 2. The van der Waals surface area contributed by atoms with Crippen LogP contribution in [0.3, 0.4) is 0 Å². The Labute approximate surface area is 117 Å². The Morgan fingerprint density at radius 3 is 2.65 bits per heavy atom. The van der Waals surface area contributed by atoms with Crippen molar-refractivity contribution in [3.63, 3.8) is 0 Å². The standard InChI is InChI=1S/C14H16N4O2/c1-3-20-11-6-4-10(5-7-11)12-8-16-9(2)13(17-12)14(19)18-15/h4-8H,3,15H2,1-2H3,(H,18,19). The average molecular weight is 272 g/mol. The van der Waals surface area contributed by atoms with Crippen LogP contribution in [0.1, 0.15) is 23.1 Å². The quantitative estimate of drug-likeness (QED) is 0.499. The molecule has 2 aromatic rings. The molecule has 6 heteroatoms. The smallest absolute Gasteiger partial charge is 0.285 e. The van der Waals surface area contributed by atoms with E-state index in [-0.39, 0.29) is 5.69 Å². The van der Waals surface area contributed by atoms with Crippen molar-refractivity contribution in [2.75, 3.05) is 6.61 Å². The van der Waals surface area contributed by atoms with Gasteiger partial charge in [0.2, 0.25) is 0 Å². The van der Waals surface area contributed by atoms with Gasteiger partial charge in [0, 0.05) is 5.56 Å². The maximum atomic E-state index is 11.6. The molecule has 0 aliphatic rings. The maximum absolute atomic E-state index is 11.6. The van der Waals surface area contributed by atoms with Gasteiger partial charge in [-0.1, -0.05) is 0 Å². The lowest BCUT2D eigenvalue weighted by Gasteiger charge is -2.07.